The van der Waals surface area contributed by atoms with E-state index in [9.17, 15) is 8.78 Å². The van der Waals surface area contributed by atoms with E-state index in [0.29, 0.717) is 5.75 Å². The number of piperidine rings is 1. The molecule has 0 atom stereocenters. The Balaban J connectivity index is 0.000000945. The molecular weight excluding hydrogens is 436 g/mol. The maximum absolute atomic E-state index is 12.5. The molecule has 0 spiro atoms. The van der Waals surface area contributed by atoms with E-state index >= 15 is 0 Å². The van der Waals surface area contributed by atoms with Gasteiger partial charge in [-0.2, -0.15) is 8.78 Å². The van der Waals surface area contributed by atoms with Crippen molar-refractivity contribution in [2.75, 3.05) is 25.1 Å². The second-order valence-corrected chi connectivity index (χ2v) is 8.13. The minimum Gasteiger partial charge on any atom is -0.494 e. The van der Waals surface area contributed by atoms with Crippen LogP contribution in [0.1, 0.15) is 33.6 Å². The van der Waals surface area contributed by atoms with Gasteiger partial charge in [-0.3, -0.25) is 4.98 Å². The number of likely N-dealkylation sites (tertiary alicyclic amines) is 1. The molecule has 0 saturated carbocycles. The van der Waals surface area contributed by atoms with Crippen LogP contribution in [0.2, 0.25) is 0 Å². The summed E-state index contributed by atoms with van der Waals surface area (Å²) < 4.78 is 35.1. The lowest BCUT2D eigenvalue weighted by atomic mass is 10.0. The van der Waals surface area contributed by atoms with Crippen molar-refractivity contribution in [2.24, 2.45) is 0 Å². The number of benzene rings is 1. The third-order valence-electron chi connectivity index (χ3n) is 5.28. The standard InChI is InChI=1S/C23H27F2N3O2.C4H8/c1-4-17(5-2)27-14-11-19(12-15-27)28(21-16-26-13-10-22(21)29-3)18-6-8-20(9-7-18)30-23(24)25;1-4(2)3/h4-10,13,16,19,23H,1,11-12,14-15H2,2-3H3;1H2,2-3H3/b17-5+;. The molecule has 1 aliphatic heterocycles. The largest absolute Gasteiger partial charge is 0.494 e. The van der Waals surface area contributed by atoms with Crippen molar-refractivity contribution in [3.63, 3.8) is 0 Å². The van der Waals surface area contributed by atoms with Crippen LogP contribution in [0.25, 0.3) is 0 Å². The summed E-state index contributed by atoms with van der Waals surface area (Å²) in [6, 6.07) is 8.71. The highest BCUT2D eigenvalue weighted by Crippen LogP contribution is 2.38. The zero-order chi connectivity index (χ0) is 25.1. The van der Waals surface area contributed by atoms with E-state index in [-0.39, 0.29) is 11.8 Å². The zero-order valence-corrected chi connectivity index (χ0v) is 20.5. The molecule has 184 valence electrons. The molecule has 1 aromatic heterocycles. The number of allylic oxidation sites excluding steroid dienone is 3. The SMILES string of the molecule is C=C(C)C.C=C/C(=C\C)N1CCC(N(c2ccc(OC(F)F)cc2)c2cnccc2OC)CC1. The Hall–Kier alpha value is -3.35. The van der Waals surface area contributed by atoms with Gasteiger partial charge in [0.25, 0.3) is 0 Å². The van der Waals surface area contributed by atoms with E-state index in [1.165, 1.54) is 5.57 Å². The Kier molecular flexibility index (Phi) is 10.6. The van der Waals surface area contributed by atoms with Gasteiger partial charge in [-0.15, -0.1) is 6.58 Å². The van der Waals surface area contributed by atoms with E-state index in [1.807, 2.05) is 32.9 Å². The second-order valence-electron chi connectivity index (χ2n) is 8.13. The molecule has 0 N–H and O–H groups in total. The molecule has 7 heteroatoms. The minimum atomic E-state index is -2.85. The second kappa shape index (κ2) is 13.4. The maximum Gasteiger partial charge on any atom is 0.387 e. The van der Waals surface area contributed by atoms with E-state index in [4.69, 9.17) is 4.74 Å². The van der Waals surface area contributed by atoms with E-state index in [0.717, 1.165) is 43.0 Å². The lowest BCUT2D eigenvalue weighted by molar-refractivity contribution is -0.0498. The number of aromatic nitrogens is 1. The number of methoxy groups -OCH3 is 1. The Bertz CT molecular complexity index is 949. The lowest BCUT2D eigenvalue weighted by Crippen LogP contribution is -2.42. The first-order valence-electron chi connectivity index (χ1n) is 11.3. The molecule has 0 amide bonds. The van der Waals surface area contributed by atoms with Crippen molar-refractivity contribution in [1.29, 1.82) is 0 Å². The number of halogens is 2. The first kappa shape index (κ1) is 26.9. The first-order chi connectivity index (χ1) is 16.3. The third kappa shape index (κ3) is 7.61. The van der Waals surface area contributed by atoms with Crippen LogP contribution in [0, 0.1) is 0 Å². The number of alkyl halides is 2. The number of rotatable bonds is 8. The van der Waals surface area contributed by atoms with Crippen LogP contribution in [0.5, 0.6) is 11.5 Å². The molecule has 1 fully saturated rings. The van der Waals surface area contributed by atoms with Gasteiger partial charge in [-0.25, -0.2) is 0 Å². The number of pyridine rings is 1. The predicted molar refractivity (Wildman–Crippen MR) is 135 cm³/mol. The number of nitrogens with zero attached hydrogens (tertiary/aromatic N) is 3. The fourth-order valence-electron chi connectivity index (χ4n) is 3.87. The average Bonchev–Trinajstić information content (AvgIpc) is 2.82. The minimum absolute atomic E-state index is 0.130. The number of hydrogen-bond donors (Lipinski definition) is 0. The molecule has 1 aromatic carbocycles. The molecule has 1 saturated heterocycles. The van der Waals surface area contributed by atoms with Crippen molar-refractivity contribution in [1.82, 2.24) is 9.88 Å². The van der Waals surface area contributed by atoms with Gasteiger partial charge in [0.2, 0.25) is 0 Å². The third-order valence-corrected chi connectivity index (χ3v) is 5.28. The fraction of sp³-hybridized carbons (Fsp3) is 0.370. The Labute approximate surface area is 202 Å². The van der Waals surface area contributed by atoms with Crippen LogP contribution in [0.4, 0.5) is 20.2 Å². The molecular formula is C27H35F2N3O2. The fourth-order valence-corrected chi connectivity index (χ4v) is 3.87. The summed E-state index contributed by atoms with van der Waals surface area (Å²) in [5, 5.41) is 0. The first-order valence-corrected chi connectivity index (χ1v) is 11.3. The van der Waals surface area contributed by atoms with Crippen LogP contribution in [0.15, 0.2) is 79.3 Å². The van der Waals surface area contributed by atoms with Crippen molar-refractivity contribution in [3.05, 3.63) is 79.3 Å². The number of ether oxygens (including phenoxy) is 2. The summed E-state index contributed by atoms with van der Waals surface area (Å²) >= 11 is 0. The van der Waals surface area contributed by atoms with Gasteiger partial charge in [0.15, 0.2) is 0 Å². The van der Waals surface area contributed by atoms with Gasteiger partial charge in [-0.1, -0.05) is 18.2 Å². The summed E-state index contributed by atoms with van der Waals surface area (Å²) in [7, 11) is 1.63. The molecule has 0 aliphatic carbocycles. The summed E-state index contributed by atoms with van der Waals surface area (Å²) in [6.07, 6.45) is 9.24. The van der Waals surface area contributed by atoms with Crippen molar-refractivity contribution >= 4 is 11.4 Å². The van der Waals surface area contributed by atoms with Crippen LogP contribution in [-0.2, 0) is 0 Å². The van der Waals surface area contributed by atoms with E-state index < -0.39 is 6.61 Å². The molecule has 0 radical (unpaired) electrons. The maximum atomic E-state index is 12.5. The summed E-state index contributed by atoms with van der Waals surface area (Å²) in [5.41, 5.74) is 4.01. The average molecular weight is 472 g/mol. The van der Waals surface area contributed by atoms with Crippen LogP contribution in [-0.4, -0.2) is 42.7 Å². The monoisotopic (exact) mass is 471 g/mol. The highest BCUT2D eigenvalue weighted by molar-refractivity contribution is 5.69. The Morgan fingerprint density at radius 3 is 2.29 bits per heavy atom. The summed E-state index contributed by atoms with van der Waals surface area (Å²) in [6.45, 7) is 12.3. The van der Waals surface area contributed by atoms with Gasteiger partial charge in [0.1, 0.15) is 17.2 Å². The van der Waals surface area contributed by atoms with Crippen molar-refractivity contribution in [2.45, 2.75) is 46.3 Å². The van der Waals surface area contributed by atoms with Crippen molar-refractivity contribution in [3.8, 4) is 11.5 Å². The van der Waals surface area contributed by atoms with Crippen LogP contribution >= 0.6 is 0 Å². The van der Waals surface area contributed by atoms with Crippen LogP contribution in [0.3, 0.4) is 0 Å². The van der Waals surface area contributed by atoms with Gasteiger partial charge >= 0.3 is 6.61 Å². The molecule has 34 heavy (non-hydrogen) atoms. The number of anilines is 2. The topological polar surface area (TPSA) is 37.8 Å². The predicted octanol–water partition coefficient (Wildman–Crippen LogP) is 6.97. The summed E-state index contributed by atoms with van der Waals surface area (Å²) in [5.74, 6) is 0.839. The normalized spacial score (nSPS) is 14.2. The highest BCUT2D eigenvalue weighted by atomic mass is 19.3. The molecule has 0 unspecified atom stereocenters. The molecule has 5 nitrogen and oxygen atoms in total. The van der Waals surface area contributed by atoms with E-state index in [1.54, 1.807) is 43.8 Å². The number of hydrogen-bond acceptors (Lipinski definition) is 5. The van der Waals surface area contributed by atoms with Gasteiger partial charge in [-0.05, 0) is 64.0 Å². The van der Waals surface area contributed by atoms with Gasteiger partial charge in [0, 0.05) is 42.8 Å². The van der Waals surface area contributed by atoms with Crippen molar-refractivity contribution < 1.29 is 18.3 Å². The quantitative estimate of drug-likeness (QED) is 0.307. The molecule has 2 aromatic rings. The highest BCUT2D eigenvalue weighted by Gasteiger charge is 2.28. The van der Waals surface area contributed by atoms with Crippen LogP contribution < -0.4 is 14.4 Å². The molecule has 0 bridgehead atoms. The Morgan fingerprint density at radius 1 is 1.18 bits per heavy atom. The lowest BCUT2D eigenvalue weighted by Gasteiger charge is -2.41. The molecule has 3 rings (SSSR count). The summed E-state index contributed by atoms with van der Waals surface area (Å²) in [4.78, 5) is 8.78. The molecule has 1 aliphatic rings. The van der Waals surface area contributed by atoms with Gasteiger partial charge < -0.3 is 19.3 Å². The van der Waals surface area contributed by atoms with Gasteiger partial charge in [0.05, 0.1) is 13.3 Å². The molecule has 2 heterocycles. The Morgan fingerprint density at radius 2 is 1.79 bits per heavy atom. The smallest absolute Gasteiger partial charge is 0.387 e. The zero-order valence-electron chi connectivity index (χ0n) is 20.5. The van der Waals surface area contributed by atoms with E-state index in [2.05, 4.69) is 38.8 Å².